The molecule has 0 fully saturated rings. The topological polar surface area (TPSA) is 131 Å². The van der Waals surface area contributed by atoms with Gasteiger partial charge in [-0.2, -0.15) is 4.72 Å². The molecule has 25 heavy (non-hydrogen) atoms. The molecule has 0 spiro atoms. The molecule has 1 aromatic carbocycles. The number of amides is 3. The first-order valence-corrected chi connectivity index (χ1v) is 9.41. The van der Waals surface area contributed by atoms with E-state index in [0.717, 1.165) is 0 Å². The van der Waals surface area contributed by atoms with E-state index in [1.54, 1.807) is 0 Å². The fourth-order valence-corrected chi connectivity index (χ4v) is 4.34. The standard InChI is InChI=1S/C12H12BrCl2N3O6S/c1-16-12(21)18-9(19)5-24-10(20)4-17-25(22,23)11-7(14)2-6(13)3-8(11)15/h2-3,17H,4-5H2,1H3,(H2,16,18,19,21). The highest BCUT2D eigenvalue weighted by Crippen LogP contribution is 2.32. The Morgan fingerprint density at radius 1 is 1.20 bits per heavy atom. The van der Waals surface area contributed by atoms with Gasteiger partial charge in [0.1, 0.15) is 11.4 Å². The smallest absolute Gasteiger partial charge is 0.321 e. The number of carbonyl (C=O) groups excluding carboxylic acids is 3. The van der Waals surface area contributed by atoms with Gasteiger partial charge in [-0.1, -0.05) is 39.1 Å². The lowest BCUT2D eigenvalue weighted by atomic mass is 10.4. The SMILES string of the molecule is CNC(=O)NC(=O)COC(=O)CNS(=O)(=O)c1c(Cl)cc(Br)cc1Cl. The zero-order chi connectivity index (χ0) is 19.2. The van der Waals surface area contributed by atoms with E-state index in [1.165, 1.54) is 19.2 Å². The number of hydrogen-bond acceptors (Lipinski definition) is 6. The summed E-state index contributed by atoms with van der Waals surface area (Å²) >= 11 is 14.8. The Morgan fingerprint density at radius 3 is 2.28 bits per heavy atom. The highest BCUT2D eigenvalue weighted by molar-refractivity contribution is 9.10. The molecule has 0 radical (unpaired) electrons. The third kappa shape index (κ3) is 6.78. The van der Waals surface area contributed by atoms with E-state index < -0.39 is 46.0 Å². The van der Waals surface area contributed by atoms with Gasteiger partial charge >= 0.3 is 12.0 Å². The predicted octanol–water partition coefficient (Wildman–Crippen LogP) is 1.03. The Balaban J connectivity index is 2.64. The van der Waals surface area contributed by atoms with Crippen molar-refractivity contribution in [3.63, 3.8) is 0 Å². The molecule has 0 atom stereocenters. The molecular formula is C12H12BrCl2N3O6S. The minimum absolute atomic E-state index is 0.148. The van der Waals surface area contributed by atoms with Gasteiger partial charge in [-0.3, -0.25) is 14.9 Å². The molecule has 9 nitrogen and oxygen atoms in total. The van der Waals surface area contributed by atoms with E-state index in [4.69, 9.17) is 23.2 Å². The summed E-state index contributed by atoms with van der Waals surface area (Å²) in [5.41, 5.74) is 0. The van der Waals surface area contributed by atoms with E-state index in [2.05, 4.69) is 26.0 Å². The average Bonchev–Trinajstić information content (AvgIpc) is 2.49. The van der Waals surface area contributed by atoms with Crippen molar-refractivity contribution in [2.75, 3.05) is 20.2 Å². The van der Waals surface area contributed by atoms with Gasteiger partial charge in [0.2, 0.25) is 10.0 Å². The molecule has 1 rings (SSSR count). The van der Waals surface area contributed by atoms with Crippen LogP contribution in [0.4, 0.5) is 4.79 Å². The van der Waals surface area contributed by atoms with Gasteiger partial charge in [0.25, 0.3) is 5.91 Å². The van der Waals surface area contributed by atoms with Crippen molar-refractivity contribution in [2.24, 2.45) is 0 Å². The summed E-state index contributed by atoms with van der Waals surface area (Å²) in [7, 11) is -2.90. The van der Waals surface area contributed by atoms with Crippen LogP contribution in [0.15, 0.2) is 21.5 Å². The molecule has 138 valence electrons. The predicted molar refractivity (Wildman–Crippen MR) is 92.9 cm³/mol. The zero-order valence-electron chi connectivity index (χ0n) is 12.6. The molecular weight excluding hydrogens is 465 g/mol. The van der Waals surface area contributed by atoms with Crippen LogP contribution in [0.2, 0.25) is 10.0 Å². The van der Waals surface area contributed by atoms with Crippen LogP contribution < -0.4 is 15.4 Å². The lowest BCUT2D eigenvalue weighted by Gasteiger charge is -2.10. The van der Waals surface area contributed by atoms with Crippen LogP contribution in [0.1, 0.15) is 0 Å². The minimum Gasteiger partial charge on any atom is -0.455 e. The molecule has 0 aliphatic heterocycles. The molecule has 0 saturated carbocycles. The quantitative estimate of drug-likeness (QED) is 0.525. The number of carbonyl (C=O) groups is 3. The number of halogens is 3. The first-order valence-electron chi connectivity index (χ1n) is 6.38. The third-order valence-electron chi connectivity index (χ3n) is 2.48. The molecule has 0 bridgehead atoms. The molecule has 0 aliphatic rings. The van der Waals surface area contributed by atoms with Gasteiger partial charge in [-0.05, 0) is 12.1 Å². The third-order valence-corrected chi connectivity index (χ3v) is 5.26. The number of ether oxygens (including phenoxy) is 1. The van der Waals surface area contributed by atoms with E-state index in [-0.39, 0.29) is 10.0 Å². The summed E-state index contributed by atoms with van der Waals surface area (Å²) in [5, 5.41) is 3.69. The van der Waals surface area contributed by atoms with E-state index >= 15 is 0 Å². The van der Waals surface area contributed by atoms with Crippen molar-refractivity contribution in [1.29, 1.82) is 0 Å². The second-order valence-electron chi connectivity index (χ2n) is 4.31. The molecule has 3 amide bonds. The number of rotatable bonds is 6. The van der Waals surface area contributed by atoms with Gasteiger partial charge in [0, 0.05) is 11.5 Å². The maximum atomic E-state index is 12.2. The monoisotopic (exact) mass is 475 g/mol. The van der Waals surface area contributed by atoms with Gasteiger partial charge in [0.05, 0.1) is 10.0 Å². The number of benzene rings is 1. The largest absolute Gasteiger partial charge is 0.455 e. The molecule has 0 aliphatic carbocycles. The van der Waals surface area contributed by atoms with Crippen LogP contribution in [-0.4, -0.2) is 46.5 Å². The number of hydrogen-bond donors (Lipinski definition) is 3. The first-order chi connectivity index (χ1) is 11.6. The lowest BCUT2D eigenvalue weighted by Crippen LogP contribution is -2.40. The van der Waals surface area contributed by atoms with E-state index in [9.17, 15) is 22.8 Å². The molecule has 0 aromatic heterocycles. The maximum Gasteiger partial charge on any atom is 0.321 e. The Morgan fingerprint density at radius 2 is 1.76 bits per heavy atom. The summed E-state index contributed by atoms with van der Waals surface area (Å²) in [6, 6.07) is 1.87. The number of urea groups is 1. The van der Waals surface area contributed by atoms with Crippen LogP contribution in [0, 0.1) is 0 Å². The molecule has 0 saturated heterocycles. The fourth-order valence-electron chi connectivity index (χ4n) is 1.43. The highest BCUT2D eigenvalue weighted by atomic mass is 79.9. The highest BCUT2D eigenvalue weighted by Gasteiger charge is 2.23. The number of sulfonamides is 1. The van der Waals surface area contributed by atoms with Crippen molar-refractivity contribution in [1.82, 2.24) is 15.4 Å². The van der Waals surface area contributed by atoms with Crippen LogP contribution in [0.3, 0.4) is 0 Å². The van der Waals surface area contributed by atoms with Crippen LogP contribution in [-0.2, 0) is 24.3 Å². The summed E-state index contributed by atoms with van der Waals surface area (Å²) in [6.45, 7) is -1.52. The van der Waals surface area contributed by atoms with Crippen molar-refractivity contribution < 1.29 is 27.5 Å². The lowest BCUT2D eigenvalue weighted by molar-refractivity contribution is -0.147. The second-order valence-corrected chi connectivity index (χ2v) is 7.74. The normalized spacial score (nSPS) is 10.9. The minimum atomic E-state index is -4.20. The summed E-state index contributed by atoms with van der Waals surface area (Å²) in [6.07, 6.45) is 0. The van der Waals surface area contributed by atoms with E-state index in [0.29, 0.717) is 4.47 Å². The maximum absolute atomic E-state index is 12.2. The van der Waals surface area contributed by atoms with Crippen LogP contribution >= 0.6 is 39.1 Å². The fraction of sp³-hybridized carbons (Fsp3) is 0.250. The van der Waals surface area contributed by atoms with Crippen LogP contribution in [0.25, 0.3) is 0 Å². The Bertz CT molecular complexity index is 779. The average molecular weight is 477 g/mol. The Kier molecular flexibility index (Phi) is 8.09. The Labute approximate surface area is 161 Å². The second kappa shape index (κ2) is 9.34. The van der Waals surface area contributed by atoms with Crippen LogP contribution in [0.5, 0.6) is 0 Å². The van der Waals surface area contributed by atoms with Gasteiger partial charge in [0.15, 0.2) is 6.61 Å². The molecule has 0 heterocycles. The summed E-state index contributed by atoms with van der Waals surface area (Å²) < 4.78 is 31.3. The van der Waals surface area contributed by atoms with Crippen molar-refractivity contribution in [2.45, 2.75) is 4.90 Å². The van der Waals surface area contributed by atoms with E-state index in [1.807, 2.05) is 10.0 Å². The van der Waals surface area contributed by atoms with Crippen molar-refractivity contribution >= 4 is 67.1 Å². The van der Waals surface area contributed by atoms with Gasteiger partial charge < -0.3 is 10.1 Å². The molecule has 1 aromatic rings. The summed E-state index contributed by atoms with van der Waals surface area (Å²) in [4.78, 5) is 33.2. The van der Waals surface area contributed by atoms with Crippen molar-refractivity contribution in [3.8, 4) is 0 Å². The first kappa shape index (κ1) is 21.6. The number of nitrogens with one attached hydrogen (secondary N) is 3. The molecule has 3 N–H and O–H groups in total. The van der Waals surface area contributed by atoms with Gasteiger partial charge in [-0.25, -0.2) is 13.2 Å². The number of imide groups is 1. The zero-order valence-corrected chi connectivity index (χ0v) is 16.5. The number of esters is 1. The molecule has 13 heteroatoms. The van der Waals surface area contributed by atoms with Crippen molar-refractivity contribution in [3.05, 3.63) is 26.7 Å². The Hall–Kier alpha value is -1.40. The van der Waals surface area contributed by atoms with Gasteiger partial charge in [-0.15, -0.1) is 0 Å². The summed E-state index contributed by atoms with van der Waals surface area (Å²) in [5.74, 6) is -1.92. The molecule has 0 unspecified atom stereocenters.